The van der Waals surface area contributed by atoms with Crippen LogP contribution in [0, 0.1) is 0 Å². The molecular weight excluding hydrogens is 340 g/mol. The largest absolute Gasteiger partial charge is 0.335 e. The van der Waals surface area contributed by atoms with Crippen molar-refractivity contribution in [2.75, 3.05) is 26.2 Å². The van der Waals surface area contributed by atoms with Gasteiger partial charge >= 0.3 is 6.03 Å². The van der Waals surface area contributed by atoms with E-state index in [2.05, 4.69) is 26.5 Å². The Kier molecular flexibility index (Phi) is 5.93. The lowest BCUT2D eigenvalue weighted by Crippen LogP contribution is -2.55. The van der Waals surface area contributed by atoms with Crippen LogP contribution in [0.1, 0.15) is 25.3 Å². The Morgan fingerprint density at radius 2 is 1.96 bits per heavy atom. The second-order valence-corrected chi connectivity index (χ2v) is 7.29. The van der Waals surface area contributed by atoms with Crippen molar-refractivity contribution in [3.8, 4) is 0 Å². The number of imide groups is 1. The first kappa shape index (κ1) is 18.2. The van der Waals surface area contributed by atoms with Gasteiger partial charge in [-0.3, -0.25) is 19.9 Å². The number of nitrogens with one attached hydrogen (secondary N) is 2. The summed E-state index contributed by atoms with van der Waals surface area (Å²) >= 11 is 6.04. The van der Waals surface area contributed by atoms with Gasteiger partial charge in [0, 0.05) is 43.8 Å². The smallest absolute Gasteiger partial charge is 0.321 e. The lowest BCUT2D eigenvalue weighted by atomic mass is 10.1. The Labute approximate surface area is 153 Å². The molecule has 1 heterocycles. The van der Waals surface area contributed by atoms with Crippen LogP contribution >= 0.6 is 11.6 Å². The highest BCUT2D eigenvalue weighted by atomic mass is 35.5. The molecule has 0 radical (unpaired) electrons. The highest BCUT2D eigenvalue weighted by Crippen LogP contribution is 2.18. The van der Waals surface area contributed by atoms with Crippen molar-refractivity contribution >= 4 is 23.5 Å². The van der Waals surface area contributed by atoms with Crippen molar-refractivity contribution in [1.82, 2.24) is 20.4 Å². The van der Waals surface area contributed by atoms with Gasteiger partial charge in [-0.25, -0.2) is 4.79 Å². The van der Waals surface area contributed by atoms with Crippen LogP contribution < -0.4 is 10.6 Å². The molecule has 2 fully saturated rings. The minimum absolute atomic E-state index is 0.235. The fourth-order valence-electron chi connectivity index (χ4n) is 3.03. The maximum atomic E-state index is 12.2. The molecule has 7 heteroatoms. The van der Waals surface area contributed by atoms with E-state index in [9.17, 15) is 9.59 Å². The topological polar surface area (TPSA) is 64.7 Å². The lowest BCUT2D eigenvalue weighted by molar-refractivity contribution is -0.125. The number of nitrogens with zero attached hydrogens (tertiary/aromatic N) is 2. The number of halogens is 1. The van der Waals surface area contributed by atoms with Gasteiger partial charge in [0.1, 0.15) is 0 Å². The summed E-state index contributed by atoms with van der Waals surface area (Å²) in [5, 5.41) is 5.98. The van der Waals surface area contributed by atoms with Crippen LogP contribution in [0.15, 0.2) is 24.3 Å². The fraction of sp³-hybridized carbons (Fsp3) is 0.556. The summed E-state index contributed by atoms with van der Waals surface area (Å²) < 4.78 is 0. The number of urea groups is 1. The van der Waals surface area contributed by atoms with Crippen molar-refractivity contribution in [3.05, 3.63) is 34.9 Å². The summed E-state index contributed by atoms with van der Waals surface area (Å²) in [5.41, 5.74) is 1.20. The van der Waals surface area contributed by atoms with E-state index >= 15 is 0 Å². The molecule has 0 bridgehead atoms. The van der Waals surface area contributed by atoms with Gasteiger partial charge in [-0.2, -0.15) is 0 Å². The number of piperazine rings is 1. The van der Waals surface area contributed by atoms with Crippen molar-refractivity contribution < 1.29 is 9.59 Å². The Hall–Kier alpha value is -1.63. The SMILES string of the molecule is CC(C(=O)NC(=O)NC1CC1)N1CCN(Cc2cccc(Cl)c2)CC1. The molecule has 1 saturated heterocycles. The standard InChI is InChI=1S/C18H25ClN4O2/c1-13(17(24)21-18(25)20-16-5-6-16)23-9-7-22(8-10-23)12-14-3-2-4-15(19)11-14/h2-4,11,13,16H,5-10,12H2,1H3,(H2,20,21,24,25). The van der Waals surface area contributed by atoms with Gasteiger partial charge < -0.3 is 5.32 Å². The summed E-state index contributed by atoms with van der Waals surface area (Å²) in [4.78, 5) is 28.4. The molecule has 1 saturated carbocycles. The third-order valence-corrected chi connectivity index (χ3v) is 5.01. The number of rotatable bonds is 5. The van der Waals surface area contributed by atoms with Gasteiger partial charge in [0.25, 0.3) is 0 Å². The number of hydrogen-bond donors (Lipinski definition) is 2. The molecule has 2 N–H and O–H groups in total. The van der Waals surface area contributed by atoms with Crippen LogP contribution in [0.5, 0.6) is 0 Å². The molecule has 25 heavy (non-hydrogen) atoms. The molecule has 1 unspecified atom stereocenters. The van der Waals surface area contributed by atoms with Gasteiger partial charge in [0.15, 0.2) is 0 Å². The number of hydrogen-bond acceptors (Lipinski definition) is 4. The van der Waals surface area contributed by atoms with Crippen LogP contribution in [-0.2, 0) is 11.3 Å². The molecule has 0 aromatic heterocycles. The average Bonchev–Trinajstić information content (AvgIpc) is 3.38. The highest BCUT2D eigenvalue weighted by molar-refractivity contribution is 6.30. The monoisotopic (exact) mass is 364 g/mol. The molecule has 136 valence electrons. The lowest BCUT2D eigenvalue weighted by Gasteiger charge is -2.37. The molecular formula is C18H25ClN4O2. The maximum absolute atomic E-state index is 12.2. The molecule has 3 amide bonds. The van der Waals surface area contributed by atoms with E-state index in [1.54, 1.807) is 0 Å². The number of carbonyl (C=O) groups is 2. The predicted octanol–water partition coefficient (Wildman–Crippen LogP) is 1.83. The van der Waals surface area contributed by atoms with Crippen molar-refractivity contribution in [1.29, 1.82) is 0 Å². The second-order valence-electron chi connectivity index (χ2n) is 6.85. The van der Waals surface area contributed by atoms with Crippen molar-refractivity contribution in [2.45, 2.75) is 38.4 Å². The molecule has 1 aliphatic carbocycles. The summed E-state index contributed by atoms with van der Waals surface area (Å²) in [7, 11) is 0. The molecule has 1 aromatic carbocycles. The van der Waals surface area contributed by atoms with Gasteiger partial charge in [-0.05, 0) is 37.5 Å². The summed E-state index contributed by atoms with van der Waals surface area (Å²) in [5.74, 6) is -0.235. The normalized spacial score (nSPS) is 20.1. The van der Waals surface area contributed by atoms with E-state index in [1.807, 2.05) is 25.1 Å². The highest BCUT2D eigenvalue weighted by Gasteiger charge is 2.28. The zero-order valence-corrected chi connectivity index (χ0v) is 15.3. The van der Waals surface area contributed by atoms with Crippen LogP contribution in [0.4, 0.5) is 4.79 Å². The van der Waals surface area contributed by atoms with E-state index in [-0.39, 0.29) is 24.0 Å². The molecule has 2 aliphatic rings. The maximum Gasteiger partial charge on any atom is 0.321 e. The molecule has 6 nitrogen and oxygen atoms in total. The molecule has 1 atom stereocenters. The van der Waals surface area contributed by atoms with E-state index in [0.29, 0.717) is 0 Å². The number of carbonyl (C=O) groups excluding carboxylic acids is 2. The van der Waals surface area contributed by atoms with Gasteiger partial charge in [0.2, 0.25) is 5.91 Å². The van der Waals surface area contributed by atoms with E-state index < -0.39 is 0 Å². The van der Waals surface area contributed by atoms with E-state index in [1.165, 1.54) is 5.56 Å². The molecule has 1 aromatic rings. The number of benzene rings is 1. The van der Waals surface area contributed by atoms with Gasteiger partial charge in [-0.1, -0.05) is 23.7 Å². The summed E-state index contributed by atoms with van der Waals surface area (Å²) in [6.07, 6.45) is 2.01. The first-order chi connectivity index (χ1) is 12.0. The Morgan fingerprint density at radius 3 is 2.60 bits per heavy atom. The Morgan fingerprint density at radius 1 is 1.24 bits per heavy atom. The van der Waals surface area contributed by atoms with Crippen LogP contribution in [-0.4, -0.2) is 60.0 Å². The summed E-state index contributed by atoms with van der Waals surface area (Å²) in [6, 6.07) is 7.47. The number of amides is 3. The first-order valence-electron chi connectivity index (χ1n) is 8.83. The molecule has 3 rings (SSSR count). The van der Waals surface area contributed by atoms with E-state index in [0.717, 1.165) is 50.6 Å². The van der Waals surface area contributed by atoms with Crippen molar-refractivity contribution in [2.24, 2.45) is 0 Å². The van der Waals surface area contributed by atoms with Crippen LogP contribution in [0.25, 0.3) is 0 Å². The third kappa shape index (κ3) is 5.42. The predicted molar refractivity (Wildman–Crippen MR) is 97.5 cm³/mol. The quantitative estimate of drug-likeness (QED) is 0.836. The Balaban J connectivity index is 1.42. The zero-order chi connectivity index (χ0) is 17.8. The third-order valence-electron chi connectivity index (χ3n) is 4.78. The Bertz CT molecular complexity index is 627. The average molecular weight is 365 g/mol. The van der Waals surface area contributed by atoms with Crippen LogP contribution in [0.3, 0.4) is 0 Å². The van der Waals surface area contributed by atoms with Crippen LogP contribution in [0.2, 0.25) is 5.02 Å². The minimum Gasteiger partial charge on any atom is -0.335 e. The van der Waals surface area contributed by atoms with Gasteiger partial charge in [-0.15, -0.1) is 0 Å². The second kappa shape index (κ2) is 8.17. The van der Waals surface area contributed by atoms with Gasteiger partial charge in [0.05, 0.1) is 6.04 Å². The molecule has 0 spiro atoms. The summed E-state index contributed by atoms with van der Waals surface area (Å²) in [6.45, 7) is 6.10. The van der Waals surface area contributed by atoms with E-state index in [4.69, 9.17) is 11.6 Å². The minimum atomic E-state index is -0.376. The fourth-order valence-corrected chi connectivity index (χ4v) is 3.25. The molecule has 1 aliphatic heterocycles. The zero-order valence-electron chi connectivity index (χ0n) is 14.5. The van der Waals surface area contributed by atoms with Crippen molar-refractivity contribution in [3.63, 3.8) is 0 Å². The first-order valence-corrected chi connectivity index (χ1v) is 9.21.